The van der Waals surface area contributed by atoms with E-state index in [1.165, 1.54) is 22.2 Å². The molecule has 0 aliphatic carbocycles. The van der Waals surface area contributed by atoms with Crippen LogP contribution in [0.2, 0.25) is 0 Å². The van der Waals surface area contributed by atoms with E-state index < -0.39 is 0 Å². The molecule has 4 heteroatoms. The maximum Gasteiger partial charge on any atom is 0.183 e. The van der Waals surface area contributed by atoms with Gasteiger partial charge in [-0.1, -0.05) is 18.7 Å². The molecule has 0 saturated heterocycles. The molecule has 0 atom stereocenters. The highest BCUT2D eigenvalue weighted by Gasteiger charge is 2.10. The fourth-order valence-electron chi connectivity index (χ4n) is 1.81. The van der Waals surface area contributed by atoms with Gasteiger partial charge in [-0.2, -0.15) is 0 Å². The highest BCUT2D eigenvalue weighted by atomic mass is 32.2. The van der Waals surface area contributed by atoms with E-state index in [2.05, 4.69) is 11.9 Å². The van der Waals surface area contributed by atoms with Crippen LogP contribution in [0, 0.1) is 13.8 Å². The first-order valence-electron chi connectivity index (χ1n) is 6.28. The Kier molecular flexibility index (Phi) is 4.77. The molecule has 100 valence electrons. The van der Waals surface area contributed by atoms with E-state index in [0.29, 0.717) is 5.75 Å². The molecule has 0 aliphatic heterocycles. The summed E-state index contributed by atoms with van der Waals surface area (Å²) in [6, 6.07) is 8.04. The molecule has 19 heavy (non-hydrogen) atoms. The number of aryl methyl sites for hydroxylation is 3. The number of hydrogen-bond acceptors (Lipinski definition) is 4. The molecule has 2 aromatic rings. The molecule has 0 aliphatic rings. The maximum absolute atomic E-state index is 12.1. The molecule has 2 aromatic heterocycles. The Bertz CT molecular complexity index is 569. The predicted molar refractivity (Wildman–Crippen MR) is 82.5 cm³/mol. The van der Waals surface area contributed by atoms with Crippen molar-refractivity contribution in [2.75, 3.05) is 5.75 Å². The Hall–Kier alpha value is -1.13. The fraction of sp³-hybridized carbons (Fsp3) is 0.333. The Balaban J connectivity index is 2.00. The van der Waals surface area contributed by atoms with Gasteiger partial charge in [-0.05, 0) is 50.1 Å². The lowest BCUT2D eigenvalue weighted by Gasteiger charge is -2.02. The number of thiophene rings is 1. The van der Waals surface area contributed by atoms with Crippen molar-refractivity contribution in [1.82, 2.24) is 4.98 Å². The summed E-state index contributed by atoms with van der Waals surface area (Å²) in [7, 11) is 0. The van der Waals surface area contributed by atoms with Gasteiger partial charge in [-0.15, -0.1) is 11.3 Å². The van der Waals surface area contributed by atoms with Crippen molar-refractivity contribution in [3.05, 3.63) is 45.3 Å². The van der Waals surface area contributed by atoms with Crippen LogP contribution in [0.15, 0.2) is 29.3 Å². The van der Waals surface area contributed by atoms with Crippen LogP contribution >= 0.6 is 23.1 Å². The van der Waals surface area contributed by atoms with E-state index in [1.54, 1.807) is 11.3 Å². The molecular weight excluding hydrogens is 274 g/mol. The summed E-state index contributed by atoms with van der Waals surface area (Å²) in [6.07, 6.45) is 0.990. The Morgan fingerprint density at radius 3 is 2.74 bits per heavy atom. The van der Waals surface area contributed by atoms with Gasteiger partial charge < -0.3 is 0 Å². The largest absolute Gasteiger partial charge is 0.292 e. The van der Waals surface area contributed by atoms with Gasteiger partial charge in [0.2, 0.25) is 0 Å². The van der Waals surface area contributed by atoms with Gasteiger partial charge in [0.15, 0.2) is 5.78 Å². The molecule has 0 N–H and O–H groups in total. The minimum absolute atomic E-state index is 0.190. The molecule has 2 heterocycles. The molecule has 2 nitrogen and oxygen atoms in total. The fourth-order valence-corrected chi connectivity index (χ4v) is 3.70. The number of rotatable bonds is 5. The number of aromatic nitrogens is 1. The molecule has 0 fully saturated rings. The summed E-state index contributed by atoms with van der Waals surface area (Å²) in [5.41, 5.74) is 2.19. The highest BCUT2D eigenvalue weighted by molar-refractivity contribution is 8.00. The van der Waals surface area contributed by atoms with Crippen molar-refractivity contribution in [1.29, 1.82) is 0 Å². The molecule has 0 radical (unpaired) electrons. The third-order valence-corrected chi connectivity index (χ3v) is 4.89. The molecular formula is C15H17NOS2. The van der Waals surface area contributed by atoms with Crippen molar-refractivity contribution in [2.24, 2.45) is 0 Å². The standard InChI is InChI=1S/C15H17NOS2/c1-4-12-5-6-14(19-12)13(17)9-18-15-8-10(2)7-11(3)16-15/h5-8H,4,9H2,1-3H3. The average Bonchev–Trinajstić information content (AvgIpc) is 2.83. The minimum atomic E-state index is 0.190. The third-order valence-electron chi connectivity index (χ3n) is 2.71. The number of Topliss-reactive ketones (excluding diaryl/α,β-unsaturated/α-hetero) is 1. The van der Waals surface area contributed by atoms with Crippen LogP contribution in [-0.2, 0) is 6.42 Å². The molecule has 0 saturated carbocycles. The van der Waals surface area contributed by atoms with E-state index in [4.69, 9.17) is 0 Å². The van der Waals surface area contributed by atoms with Gasteiger partial charge >= 0.3 is 0 Å². The van der Waals surface area contributed by atoms with Gasteiger partial charge in [0, 0.05) is 10.6 Å². The van der Waals surface area contributed by atoms with Crippen LogP contribution in [0.4, 0.5) is 0 Å². The zero-order chi connectivity index (χ0) is 13.8. The second-order valence-corrected chi connectivity index (χ2v) is 6.62. The normalized spacial score (nSPS) is 10.7. The number of carbonyl (C=O) groups is 1. The Labute approximate surface area is 122 Å². The van der Waals surface area contributed by atoms with Gasteiger partial charge in [0.05, 0.1) is 15.7 Å². The zero-order valence-electron chi connectivity index (χ0n) is 11.4. The minimum Gasteiger partial charge on any atom is -0.292 e. The van der Waals surface area contributed by atoms with Gasteiger partial charge in [-0.3, -0.25) is 4.79 Å². The number of pyridine rings is 1. The SMILES string of the molecule is CCc1ccc(C(=O)CSc2cc(C)cc(C)n2)s1. The quantitative estimate of drug-likeness (QED) is 0.608. The number of thioether (sulfide) groups is 1. The van der Waals surface area contributed by atoms with Crippen molar-refractivity contribution in [2.45, 2.75) is 32.2 Å². The lowest BCUT2D eigenvalue weighted by molar-refractivity contribution is 0.102. The lowest BCUT2D eigenvalue weighted by atomic mass is 10.3. The number of carbonyl (C=O) groups excluding carboxylic acids is 1. The summed E-state index contributed by atoms with van der Waals surface area (Å²) >= 11 is 3.11. The number of hydrogen-bond donors (Lipinski definition) is 0. The van der Waals surface area contributed by atoms with Crippen molar-refractivity contribution < 1.29 is 4.79 Å². The molecule has 0 spiro atoms. The Morgan fingerprint density at radius 1 is 1.32 bits per heavy atom. The second-order valence-electron chi connectivity index (χ2n) is 4.46. The highest BCUT2D eigenvalue weighted by Crippen LogP contribution is 2.22. The smallest absolute Gasteiger partial charge is 0.183 e. The van der Waals surface area contributed by atoms with Crippen molar-refractivity contribution in [3.8, 4) is 0 Å². The van der Waals surface area contributed by atoms with Crippen molar-refractivity contribution in [3.63, 3.8) is 0 Å². The molecule has 2 rings (SSSR count). The summed E-state index contributed by atoms with van der Waals surface area (Å²) in [4.78, 5) is 18.6. The van der Waals surface area contributed by atoms with Gasteiger partial charge in [-0.25, -0.2) is 4.98 Å². The third kappa shape index (κ3) is 3.91. The van der Waals surface area contributed by atoms with Crippen molar-refractivity contribution >= 4 is 28.9 Å². The van der Waals surface area contributed by atoms with Gasteiger partial charge in [0.25, 0.3) is 0 Å². The van der Waals surface area contributed by atoms with E-state index in [-0.39, 0.29) is 5.78 Å². The number of ketones is 1. The monoisotopic (exact) mass is 291 g/mol. The van der Waals surface area contributed by atoms with Crippen LogP contribution in [0.25, 0.3) is 0 Å². The van der Waals surface area contributed by atoms with E-state index >= 15 is 0 Å². The molecule has 0 amide bonds. The Morgan fingerprint density at radius 2 is 2.11 bits per heavy atom. The van der Waals surface area contributed by atoms with Crippen LogP contribution in [0.3, 0.4) is 0 Å². The second kappa shape index (κ2) is 6.35. The number of nitrogens with zero attached hydrogens (tertiary/aromatic N) is 1. The first kappa shape index (κ1) is 14.3. The van der Waals surface area contributed by atoms with E-state index in [0.717, 1.165) is 22.0 Å². The topological polar surface area (TPSA) is 30.0 Å². The van der Waals surface area contributed by atoms with E-state index in [1.807, 2.05) is 38.1 Å². The van der Waals surface area contributed by atoms with Crippen LogP contribution in [-0.4, -0.2) is 16.5 Å². The first-order chi connectivity index (χ1) is 9.08. The summed E-state index contributed by atoms with van der Waals surface area (Å²) in [5, 5.41) is 0.929. The lowest BCUT2D eigenvalue weighted by Crippen LogP contribution is -2.00. The summed E-state index contributed by atoms with van der Waals surface area (Å²) in [5.74, 6) is 0.648. The summed E-state index contributed by atoms with van der Waals surface area (Å²) in [6.45, 7) is 6.13. The first-order valence-corrected chi connectivity index (χ1v) is 8.08. The van der Waals surface area contributed by atoms with Crippen LogP contribution < -0.4 is 0 Å². The molecule has 0 bridgehead atoms. The molecule has 0 aromatic carbocycles. The summed E-state index contributed by atoms with van der Waals surface area (Å²) < 4.78 is 0. The zero-order valence-corrected chi connectivity index (χ0v) is 13.0. The van der Waals surface area contributed by atoms with E-state index in [9.17, 15) is 4.79 Å². The van der Waals surface area contributed by atoms with Gasteiger partial charge in [0.1, 0.15) is 0 Å². The predicted octanol–water partition coefficient (Wildman–Crippen LogP) is 4.30. The molecule has 0 unspecified atom stereocenters. The maximum atomic E-state index is 12.1. The van der Waals surface area contributed by atoms with Crippen LogP contribution in [0.5, 0.6) is 0 Å². The van der Waals surface area contributed by atoms with Crippen LogP contribution in [0.1, 0.15) is 32.7 Å². The average molecular weight is 291 g/mol.